The molecule has 21 heavy (non-hydrogen) atoms. The summed E-state index contributed by atoms with van der Waals surface area (Å²) in [4.78, 5) is 10.3. The van der Waals surface area contributed by atoms with Gasteiger partial charge in [-0.2, -0.15) is 0 Å². The van der Waals surface area contributed by atoms with Crippen LogP contribution in [0.5, 0.6) is 0 Å². The Labute approximate surface area is 120 Å². The lowest BCUT2D eigenvalue weighted by atomic mass is 9.93. The van der Waals surface area contributed by atoms with Crippen LogP contribution in [0.4, 0.5) is 14.5 Å². The molecule has 0 aromatic heterocycles. The molecule has 2 aromatic rings. The number of nitro benzene ring substituents is 1. The first-order chi connectivity index (χ1) is 9.93. The molecule has 0 fully saturated rings. The van der Waals surface area contributed by atoms with E-state index in [1.807, 2.05) is 6.92 Å². The Balaban J connectivity index is 2.53. The minimum Gasteiger partial charge on any atom is -0.320 e. The van der Waals surface area contributed by atoms with Crippen molar-refractivity contribution in [3.8, 4) is 0 Å². The van der Waals surface area contributed by atoms with Gasteiger partial charge in [0.2, 0.25) is 0 Å². The van der Waals surface area contributed by atoms with Gasteiger partial charge < -0.3 is 5.73 Å². The number of rotatable bonds is 4. The average molecular weight is 292 g/mol. The molecule has 1 atom stereocenters. The molecule has 0 heterocycles. The number of halogens is 2. The number of hydrogen-bond acceptors (Lipinski definition) is 3. The van der Waals surface area contributed by atoms with Crippen LogP contribution in [0.2, 0.25) is 0 Å². The molecule has 4 nitrogen and oxygen atoms in total. The molecule has 2 aromatic carbocycles. The van der Waals surface area contributed by atoms with E-state index in [1.54, 1.807) is 6.07 Å². The summed E-state index contributed by atoms with van der Waals surface area (Å²) in [5.74, 6) is -1.46. The van der Waals surface area contributed by atoms with E-state index >= 15 is 0 Å². The molecule has 1 unspecified atom stereocenters. The highest BCUT2D eigenvalue weighted by Crippen LogP contribution is 2.28. The van der Waals surface area contributed by atoms with E-state index in [0.29, 0.717) is 12.0 Å². The molecule has 110 valence electrons. The minimum atomic E-state index is -0.888. The monoisotopic (exact) mass is 292 g/mol. The number of hydrogen-bond donors (Lipinski definition) is 1. The molecule has 0 radical (unpaired) electrons. The van der Waals surface area contributed by atoms with Gasteiger partial charge in [-0.05, 0) is 23.6 Å². The zero-order valence-electron chi connectivity index (χ0n) is 11.3. The third-order valence-corrected chi connectivity index (χ3v) is 3.35. The molecular weight excluding hydrogens is 278 g/mol. The van der Waals surface area contributed by atoms with Crippen molar-refractivity contribution in [3.63, 3.8) is 0 Å². The fourth-order valence-corrected chi connectivity index (χ4v) is 2.23. The molecule has 0 saturated heterocycles. The first kappa shape index (κ1) is 15.1. The summed E-state index contributed by atoms with van der Waals surface area (Å²) >= 11 is 0. The number of aryl methyl sites for hydroxylation is 1. The van der Waals surface area contributed by atoms with Crippen molar-refractivity contribution in [3.05, 3.63) is 74.8 Å². The summed E-state index contributed by atoms with van der Waals surface area (Å²) in [7, 11) is 0. The molecule has 0 bridgehead atoms. The molecule has 2 N–H and O–H groups in total. The van der Waals surface area contributed by atoms with Crippen molar-refractivity contribution in [2.75, 3.05) is 0 Å². The Bertz CT molecular complexity index is 689. The standard InChI is InChI=1S/C15H14F2N2O2/c1-2-9-3-5-11(19(20)21)8-13(9)15(18)12-6-4-10(16)7-14(12)17/h3-8,15H,2,18H2,1H3. The first-order valence-electron chi connectivity index (χ1n) is 6.41. The second-order valence-electron chi connectivity index (χ2n) is 4.64. The summed E-state index contributed by atoms with van der Waals surface area (Å²) in [5, 5.41) is 10.9. The topological polar surface area (TPSA) is 69.2 Å². The maximum atomic E-state index is 13.8. The van der Waals surface area contributed by atoms with Crippen molar-refractivity contribution in [2.24, 2.45) is 5.73 Å². The Hall–Kier alpha value is -2.34. The number of benzene rings is 2. The van der Waals surface area contributed by atoms with E-state index in [1.165, 1.54) is 18.2 Å². The van der Waals surface area contributed by atoms with Gasteiger partial charge in [-0.3, -0.25) is 10.1 Å². The number of non-ortho nitro benzene ring substituents is 1. The number of nitro groups is 1. The molecule has 6 heteroatoms. The fourth-order valence-electron chi connectivity index (χ4n) is 2.23. The average Bonchev–Trinajstić information content (AvgIpc) is 2.45. The van der Waals surface area contributed by atoms with Gasteiger partial charge in [0.1, 0.15) is 11.6 Å². The lowest BCUT2D eigenvalue weighted by Gasteiger charge is -2.17. The van der Waals surface area contributed by atoms with E-state index in [0.717, 1.165) is 17.7 Å². The van der Waals surface area contributed by atoms with E-state index in [9.17, 15) is 18.9 Å². The molecule has 0 aliphatic carbocycles. The zero-order chi connectivity index (χ0) is 15.6. The van der Waals surface area contributed by atoms with Gasteiger partial charge >= 0.3 is 0 Å². The fraction of sp³-hybridized carbons (Fsp3) is 0.200. The highest BCUT2D eigenvalue weighted by molar-refractivity contribution is 5.45. The van der Waals surface area contributed by atoms with Gasteiger partial charge in [0, 0.05) is 23.8 Å². The summed E-state index contributed by atoms with van der Waals surface area (Å²) < 4.78 is 26.8. The Morgan fingerprint density at radius 1 is 1.19 bits per heavy atom. The zero-order valence-corrected chi connectivity index (χ0v) is 11.3. The summed E-state index contributed by atoms with van der Waals surface area (Å²) in [5.41, 5.74) is 7.28. The normalized spacial score (nSPS) is 12.2. The van der Waals surface area contributed by atoms with Crippen molar-refractivity contribution in [2.45, 2.75) is 19.4 Å². The van der Waals surface area contributed by atoms with Crippen molar-refractivity contribution < 1.29 is 13.7 Å². The number of nitrogens with two attached hydrogens (primary N) is 1. The molecular formula is C15H14F2N2O2. The van der Waals surface area contributed by atoms with Gasteiger partial charge in [-0.15, -0.1) is 0 Å². The van der Waals surface area contributed by atoms with E-state index in [-0.39, 0.29) is 11.3 Å². The lowest BCUT2D eigenvalue weighted by molar-refractivity contribution is -0.384. The summed E-state index contributed by atoms with van der Waals surface area (Å²) in [6, 6.07) is 6.56. The van der Waals surface area contributed by atoms with Crippen LogP contribution >= 0.6 is 0 Å². The molecule has 2 rings (SSSR count). The second kappa shape index (κ2) is 5.97. The highest BCUT2D eigenvalue weighted by atomic mass is 19.1. The molecule has 0 spiro atoms. The van der Waals surface area contributed by atoms with Crippen LogP contribution in [0, 0.1) is 21.7 Å². The Morgan fingerprint density at radius 3 is 2.48 bits per heavy atom. The maximum Gasteiger partial charge on any atom is 0.269 e. The third kappa shape index (κ3) is 3.05. The van der Waals surface area contributed by atoms with Crippen LogP contribution in [-0.4, -0.2) is 4.92 Å². The van der Waals surface area contributed by atoms with Gasteiger partial charge in [0.05, 0.1) is 11.0 Å². The molecule has 0 aliphatic heterocycles. The van der Waals surface area contributed by atoms with Crippen molar-refractivity contribution in [1.29, 1.82) is 0 Å². The van der Waals surface area contributed by atoms with Gasteiger partial charge in [0.25, 0.3) is 5.69 Å². The predicted octanol–water partition coefficient (Wildman–Crippen LogP) is 3.48. The lowest BCUT2D eigenvalue weighted by Crippen LogP contribution is -2.16. The van der Waals surface area contributed by atoms with Crippen LogP contribution in [0.1, 0.15) is 29.7 Å². The van der Waals surface area contributed by atoms with E-state index in [2.05, 4.69) is 0 Å². The second-order valence-corrected chi connectivity index (χ2v) is 4.64. The summed E-state index contributed by atoms with van der Waals surface area (Å²) in [6.45, 7) is 1.87. The first-order valence-corrected chi connectivity index (χ1v) is 6.41. The SMILES string of the molecule is CCc1ccc([N+](=O)[O-])cc1C(N)c1ccc(F)cc1F. The van der Waals surface area contributed by atoms with Crippen molar-refractivity contribution >= 4 is 5.69 Å². The quantitative estimate of drug-likeness (QED) is 0.692. The highest BCUT2D eigenvalue weighted by Gasteiger charge is 2.19. The van der Waals surface area contributed by atoms with Crippen LogP contribution in [-0.2, 0) is 6.42 Å². The number of nitrogens with zero attached hydrogens (tertiary/aromatic N) is 1. The smallest absolute Gasteiger partial charge is 0.269 e. The predicted molar refractivity (Wildman–Crippen MR) is 74.9 cm³/mol. The van der Waals surface area contributed by atoms with Crippen LogP contribution in [0.15, 0.2) is 36.4 Å². The molecule has 0 saturated carbocycles. The van der Waals surface area contributed by atoms with E-state index in [4.69, 9.17) is 5.73 Å². The van der Waals surface area contributed by atoms with Crippen LogP contribution in [0.25, 0.3) is 0 Å². The minimum absolute atomic E-state index is 0.103. The summed E-state index contributed by atoms with van der Waals surface area (Å²) in [6.07, 6.45) is 0.601. The largest absolute Gasteiger partial charge is 0.320 e. The molecule has 0 amide bonds. The van der Waals surface area contributed by atoms with Gasteiger partial charge in [-0.25, -0.2) is 8.78 Å². The molecule has 0 aliphatic rings. The van der Waals surface area contributed by atoms with E-state index < -0.39 is 22.6 Å². The third-order valence-electron chi connectivity index (χ3n) is 3.35. The van der Waals surface area contributed by atoms with Crippen LogP contribution in [0.3, 0.4) is 0 Å². The Morgan fingerprint density at radius 2 is 1.90 bits per heavy atom. The van der Waals surface area contributed by atoms with Crippen LogP contribution < -0.4 is 5.73 Å². The van der Waals surface area contributed by atoms with Gasteiger partial charge in [-0.1, -0.05) is 19.1 Å². The Kier molecular flexibility index (Phi) is 4.28. The van der Waals surface area contributed by atoms with Crippen molar-refractivity contribution in [1.82, 2.24) is 0 Å². The van der Waals surface area contributed by atoms with Gasteiger partial charge in [0.15, 0.2) is 0 Å². The maximum absolute atomic E-state index is 13.8.